The molecule has 0 fully saturated rings. The van der Waals surface area contributed by atoms with Gasteiger partial charge in [0.15, 0.2) is 0 Å². The van der Waals surface area contributed by atoms with Crippen molar-refractivity contribution in [2.45, 2.75) is 12.8 Å². The lowest BCUT2D eigenvalue weighted by molar-refractivity contribution is -0.384. The molecule has 0 bridgehead atoms. The average Bonchev–Trinajstić information content (AvgIpc) is 2.76. The van der Waals surface area contributed by atoms with Gasteiger partial charge in [0, 0.05) is 6.07 Å². The Morgan fingerprint density at radius 2 is 2.29 bits per heavy atom. The SMILES string of the molecule is Cc1cccc([N+](=O)[O-])c1-c1nc(CCl)co1. The summed E-state index contributed by atoms with van der Waals surface area (Å²) < 4.78 is 5.21. The highest BCUT2D eigenvalue weighted by Gasteiger charge is 2.21. The fraction of sp³-hybridized carbons (Fsp3) is 0.182. The summed E-state index contributed by atoms with van der Waals surface area (Å²) in [4.78, 5) is 14.6. The van der Waals surface area contributed by atoms with Gasteiger partial charge in [-0.05, 0) is 12.5 Å². The van der Waals surface area contributed by atoms with E-state index in [1.54, 1.807) is 19.1 Å². The smallest absolute Gasteiger partial charge is 0.282 e. The van der Waals surface area contributed by atoms with Crippen molar-refractivity contribution >= 4 is 17.3 Å². The Morgan fingerprint density at radius 1 is 1.53 bits per heavy atom. The zero-order valence-electron chi connectivity index (χ0n) is 9.01. The fourth-order valence-electron chi connectivity index (χ4n) is 1.57. The standard InChI is InChI=1S/C11H9ClN2O3/c1-7-3-2-4-9(14(15)16)10(7)11-13-8(5-12)6-17-11/h2-4,6H,5H2,1H3. The summed E-state index contributed by atoms with van der Waals surface area (Å²) in [7, 11) is 0. The minimum atomic E-state index is -0.451. The second kappa shape index (κ2) is 4.55. The highest BCUT2D eigenvalue weighted by atomic mass is 35.5. The number of alkyl halides is 1. The predicted octanol–water partition coefficient (Wildman–Crippen LogP) is 3.30. The summed E-state index contributed by atoms with van der Waals surface area (Å²) in [5.41, 5.74) is 1.67. The maximum atomic E-state index is 10.9. The molecule has 6 heteroatoms. The molecule has 0 amide bonds. The van der Waals surface area contributed by atoms with Gasteiger partial charge in [0.05, 0.1) is 16.5 Å². The van der Waals surface area contributed by atoms with E-state index in [2.05, 4.69) is 4.98 Å². The minimum Gasteiger partial charge on any atom is -0.444 e. The zero-order chi connectivity index (χ0) is 12.4. The largest absolute Gasteiger partial charge is 0.444 e. The molecule has 0 spiro atoms. The first-order chi connectivity index (χ1) is 8.13. The van der Waals surface area contributed by atoms with Gasteiger partial charge in [-0.2, -0.15) is 0 Å². The summed E-state index contributed by atoms with van der Waals surface area (Å²) in [5, 5.41) is 10.9. The van der Waals surface area contributed by atoms with Crippen molar-refractivity contribution < 1.29 is 9.34 Å². The van der Waals surface area contributed by atoms with Crippen LogP contribution in [0, 0.1) is 17.0 Å². The number of hydrogen-bond donors (Lipinski definition) is 0. The number of halogens is 1. The maximum absolute atomic E-state index is 10.9. The molecule has 2 rings (SSSR count). The van der Waals surface area contributed by atoms with Gasteiger partial charge in [0.1, 0.15) is 11.8 Å². The number of benzene rings is 1. The summed E-state index contributed by atoms with van der Waals surface area (Å²) in [5.74, 6) is 0.439. The summed E-state index contributed by atoms with van der Waals surface area (Å²) in [6, 6.07) is 4.82. The number of nitro groups is 1. The Hall–Kier alpha value is -1.88. The number of aromatic nitrogens is 1. The molecular formula is C11H9ClN2O3. The lowest BCUT2D eigenvalue weighted by Crippen LogP contribution is -1.94. The van der Waals surface area contributed by atoms with Crippen LogP contribution in [0.5, 0.6) is 0 Å². The summed E-state index contributed by atoms with van der Waals surface area (Å²) >= 11 is 5.61. The Labute approximate surface area is 102 Å². The Bertz CT molecular complexity index is 566. The van der Waals surface area contributed by atoms with Gasteiger partial charge < -0.3 is 4.42 Å². The Morgan fingerprint density at radius 3 is 2.88 bits per heavy atom. The van der Waals surface area contributed by atoms with Crippen LogP contribution in [-0.4, -0.2) is 9.91 Å². The van der Waals surface area contributed by atoms with Crippen LogP contribution in [0.3, 0.4) is 0 Å². The molecule has 1 aromatic carbocycles. The fourth-order valence-corrected chi connectivity index (χ4v) is 1.69. The van der Waals surface area contributed by atoms with Gasteiger partial charge in [-0.3, -0.25) is 10.1 Å². The number of hydrogen-bond acceptors (Lipinski definition) is 4. The molecule has 0 aliphatic carbocycles. The molecule has 5 nitrogen and oxygen atoms in total. The van der Waals surface area contributed by atoms with Crippen LogP contribution in [0.25, 0.3) is 11.5 Å². The molecule has 0 unspecified atom stereocenters. The van der Waals surface area contributed by atoms with Crippen molar-refractivity contribution in [1.82, 2.24) is 4.98 Å². The van der Waals surface area contributed by atoms with Crippen LogP contribution in [0.4, 0.5) is 5.69 Å². The molecule has 0 saturated heterocycles. The molecule has 1 aromatic heterocycles. The number of rotatable bonds is 3. The molecule has 0 radical (unpaired) electrons. The van der Waals surface area contributed by atoms with Gasteiger partial charge in [0.2, 0.25) is 5.89 Å². The molecular weight excluding hydrogens is 244 g/mol. The van der Waals surface area contributed by atoms with E-state index in [0.29, 0.717) is 11.3 Å². The molecule has 0 aliphatic rings. The molecule has 2 aromatic rings. The third-order valence-electron chi connectivity index (χ3n) is 2.35. The lowest BCUT2D eigenvalue weighted by Gasteiger charge is -2.01. The van der Waals surface area contributed by atoms with Crippen molar-refractivity contribution in [3.8, 4) is 11.5 Å². The van der Waals surface area contributed by atoms with Crippen molar-refractivity contribution in [3.63, 3.8) is 0 Å². The Balaban J connectivity index is 2.61. The van der Waals surface area contributed by atoms with Gasteiger partial charge in [-0.15, -0.1) is 11.6 Å². The lowest BCUT2D eigenvalue weighted by atomic mass is 10.1. The molecule has 1 heterocycles. The third-order valence-corrected chi connectivity index (χ3v) is 2.62. The molecule has 0 atom stereocenters. The summed E-state index contributed by atoms with van der Waals surface area (Å²) in [6.07, 6.45) is 1.40. The van der Waals surface area contributed by atoms with E-state index in [1.165, 1.54) is 12.3 Å². The molecule has 17 heavy (non-hydrogen) atoms. The van der Waals surface area contributed by atoms with Gasteiger partial charge in [0.25, 0.3) is 5.69 Å². The average molecular weight is 253 g/mol. The monoisotopic (exact) mass is 252 g/mol. The molecule has 0 saturated carbocycles. The van der Waals surface area contributed by atoms with Crippen molar-refractivity contribution in [3.05, 3.63) is 45.8 Å². The van der Waals surface area contributed by atoms with Crippen LogP contribution in [-0.2, 0) is 5.88 Å². The highest BCUT2D eigenvalue weighted by Crippen LogP contribution is 2.32. The van der Waals surface area contributed by atoms with E-state index in [0.717, 1.165) is 5.56 Å². The predicted molar refractivity (Wildman–Crippen MR) is 62.9 cm³/mol. The van der Waals surface area contributed by atoms with Crippen LogP contribution in [0.1, 0.15) is 11.3 Å². The van der Waals surface area contributed by atoms with E-state index >= 15 is 0 Å². The number of nitrogens with zero attached hydrogens (tertiary/aromatic N) is 2. The first-order valence-corrected chi connectivity index (χ1v) is 5.41. The molecule has 0 aliphatic heterocycles. The maximum Gasteiger partial charge on any atom is 0.282 e. The topological polar surface area (TPSA) is 69.2 Å². The number of nitro benzene ring substituents is 1. The minimum absolute atomic E-state index is 0.0204. The summed E-state index contributed by atoms with van der Waals surface area (Å²) in [6.45, 7) is 1.77. The highest BCUT2D eigenvalue weighted by molar-refractivity contribution is 6.16. The quantitative estimate of drug-likeness (QED) is 0.477. The number of oxazole rings is 1. The second-order valence-electron chi connectivity index (χ2n) is 3.50. The van der Waals surface area contributed by atoms with Crippen molar-refractivity contribution in [2.75, 3.05) is 0 Å². The first kappa shape index (κ1) is 11.6. The van der Waals surface area contributed by atoms with Gasteiger partial charge >= 0.3 is 0 Å². The van der Waals surface area contributed by atoms with Gasteiger partial charge in [-0.1, -0.05) is 12.1 Å². The van der Waals surface area contributed by atoms with Crippen molar-refractivity contribution in [1.29, 1.82) is 0 Å². The van der Waals surface area contributed by atoms with Crippen LogP contribution >= 0.6 is 11.6 Å². The van der Waals surface area contributed by atoms with Crippen LogP contribution < -0.4 is 0 Å². The van der Waals surface area contributed by atoms with Crippen LogP contribution in [0.2, 0.25) is 0 Å². The normalized spacial score (nSPS) is 10.5. The zero-order valence-corrected chi connectivity index (χ0v) is 9.77. The van der Waals surface area contributed by atoms with E-state index in [9.17, 15) is 10.1 Å². The van der Waals surface area contributed by atoms with Gasteiger partial charge in [-0.25, -0.2) is 4.98 Å². The first-order valence-electron chi connectivity index (χ1n) is 4.88. The second-order valence-corrected chi connectivity index (χ2v) is 3.77. The molecule has 0 N–H and O–H groups in total. The molecule has 88 valence electrons. The van der Waals surface area contributed by atoms with E-state index in [1.807, 2.05) is 0 Å². The van der Waals surface area contributed by atoms with Crippen molar-refractivity contribution in [2.24, 2.45) is 0 Å². The number of aryl methyl sites for hydroxylation is 1. The van der Waals surface area contributed by atoms with E-state index < -0.39 is 4.92 Å². The van der Waals surface area contributed by atoms with Crippen LogP contribution in [0.15, 0.2) is 28.9 Å². The van der Waals surface area contributed by atoms with E-state index in [-0.39, 0.29) is 17.5 Å². The Kier molecular flexibility index (Phi) is 3.10. The third kappa shape index (κ3) is 2.14. The van der Waals surface area contributed by atoms with E-state index in [4.69, 9.17) is 16.0 Å².